The second-order valence-electron chi connectivity index (χ2n) is 4.56. The van der Waals surface area contributed by atoms with Gasteiger partial charge in [0.05, 0.1) is 6.04 Å². The minimum absolute atomic E-state index is 0.0135. The number of imide groups is 1. The normalized spacial score (nSPS) is 13.6. The molecule has 0 aliphatic heterocycles. The number of nitrogens with two attached hydrogens (primary N) is 1. The van der Waals surface area contributed by atoms with E-state index in [-0.39, 0.29) is 6.04 Å². The van der Waals surface area contributed by atoms with Gasteiger partial charge in [-0.25, -0.2) is 4.79 Å². The third-order valence-electron chi connectivity index (χ3n) is 3.03. The second-order valence-corrected chi connectivity index (χ2v) is 4.56. The topological polar surface area (TPSA) is 84.2 Å². The number of aryl methyl sites for hydroxylation is 1. The number of hydrogen-bond acceptors (Lipinski definition) is 3. The van der Waals surface area contributed by atoms with Crippen molar-refractivity contribution >= 4 is 11.9 Å². The van der Waals surface area contributed by atoms with Crippen LogP contribution >= 0.6 is 0 Å². The molecule has 0 spiro atoms. The van der Waals surface area contributed by atoms with Gasteiger partial charge in [0.15, 0.2) is 0 Å². The minimum atomic E-state index is -0.835. The summed E-state index contributed by atoms with van der Waals surface area (Å²) in [7, 11) is 0. The molecule has 4 N–H and O–H groups in total. The van der Waals surface area contributed by atoms with Crippen LogP contribution in [0.15, 0.2) is 24.3 Å². The van der Waals surface area contributed by atoms with Gasteiger partial charge < -0.3 is 5.73 Å². The Morgan fingerprint density at radius 2 is 1.79 bits per heavy atom. The highest BCUT2D eigenvalue weighted by Gasteiger charge is 2.17. The first-order chi connectivity index (χ1) is 8.93. The second kappa shape index (κ2) is 6.89. The summed E-state index contributed by atoms with van der Waals surface area (Å²) in [5, 5.41) is 5.17. The molecule has 0 aromatic heterocycles. The van der Waals surface area contributed by atoms with Crippen LogP contribution in [0.25, 0.3) is 0 Å². The fourth-order valence-corrected chi connectivity index (χ4v) is 1.82. The summed E-state index contributed by atoms with van der Waals surface area (Å²) in [6.45, 7) is 5.76. The van der Waals surface area contributed by atoms with Crippen molar-refractivity contribution < 1.29 is 9.59 Å². The molecular weight excluding hydrogens is 242 g/mol. The van der Waals surface area contributed by atoms with Gasteiger partial charge in [0, 0.05) is 6.04 Å². The Morgan fingerprint density at radius 3 is 2.26 bits per heavy atom. The van der Waals surface area contributed by atoms with Crippen LogP contribution in [0.5, 0.6) is 0 Å². The van der Waals surface area contributed by atoms with Gasteiger partial charge >= 0.3 is 6.03 Å². The van der Waals surface area contributed by atoms with Gasteiger partial charge in [0.25, 0.3) is 0 Å². The predicted molar refractivity (Wildman–Crippen MR) is 74.6 cm³/mol. The molecule has 1 aromatic rings. The molecule has 0 bridgehead atoms. The number of carbonyl (C=O) groups is 2. The number of benzene rings is 1. The van der Waals surface area contributed by atoms with E-state index in [2.05, 4.69) is 29.7 Å². The van der Waals surface area contributed by atoms with Gasteiger partial charge in [-0.3, -0.25) is 15.4 Å². The van der Waals surface area contributed by atoms with E-state index in [0.717, 1.165) is 12.0 Å². The van der Waals surface area contributed by atoms with Crippen LogP contribution < -0.4 is 16.4 Å². The van der Waals surface area contributed by atoms with E-state index in [4.69, 9.17) is 5.73 Å². The van der Waals surface area contributed by atoms with Gasteiger partial charge in [0.2, 0.25) is 5.91 Å². The molecule has 1 aromatic carbocycles. The molecule has 2 atom stereocenters. The maximum atomic E-state index is 11.5. The number of urea groups is 1. The lowest BCUT2D eigenvalue weighted by molar-refractivity contribution is -0.121. The van der Waals surface area contributed by atoms with Gasteiger partial charge in [-0.05, 0) is 31.4 Å². The highest BCUT2D eigenvalue weighted by Crippen LogP contribution is 2.14. The number of rotatable bonds is 5. The van der Waals surface area contributed by atoms with Crippen LogP contribution in [0.3, 0.4) is 0 Å². The summed E-state index contributed by atoms with van der Waals surface area (Å²) in [5.41, 5.74) is 7.27. The Balaban J connectivity index is 2.60. The number of hydrogen-bond donors (Lipinski definition) is 3. The van der Waals surface area contributed by atoms with Gasteiger partial charge in [-0.2, -0.15) is 0 Å². The van der Waals surface area contributed by atoms with Crippen LogP contribution in [-0.4, -0.2) is 18.0 Å². The monoisotopic (exact) mass is 263 g/mol. The Morgan fingerprint density at radius 1 is 1.21 bits per heavy atom. The van der Waals surface area contributed by atoms with E-state index in [9.17, 15) is 9.59 Å². The van der Waals surface area contributed by atoms with E-state index in [0.29, 0.717) is 0 Å². The third-order valence-corrected chi connectivity index (χ3v) is 3.03. The van der Waals surface area contributed by atoms with E-state index in [1.807, 2.05) is 19.1 Å². The molecule has 0 aliphatic rings. The van der Waals surface area contributed by atoms with Crippen molar-refractivity contribution in [3.63, 3.8) is 0 Å². The number of amides is 3. The first kappa shape index (κ1) is 15.2. The first-order valence-corrected chi connectivity index (χ1v) is 6.39. The number of nitrogens with one attached hydrogen (secondary N) is 2. The zero-order chi connectivity index (χ0) is 14.4. The predicted octanol–water partition coefficient (Wildman–Crippen LogP) is 1.48. The molecule has 5 nitrogen and oxygen atoms in total. The van der Waals surface area contributed by atoms with Crippen LogP contribution in [0, 0.1) is 0 Å². The molecule has 19 heavy (non-hydrogen) atoms. The summed E-state index contributed by atoms with van der Waals surface area (Å²) in [5.74, 6) is -0.426. The maximum absolute atomic E-state index is 11.5. The number of carbonyl (C=O) groups excluding carboxylic acids is 2. The fraction of sp³-hybridized carbons (Fsp3) is 0.429. The Kier molecular flexibility index (Phi) is 5.51. The smallest absolute Gasteiger partial charge is 0.318 e. The molecule has 0 saturated carbocycles. The molecule has 0 fully saturated rings. The Bertz CT molecular complexity index is 443. The molecule has 3 amide bonds. The molecule has 0 saturated heterocycles. The third kappa shape index (κ3) is 4.71. The lowest BCUT2D eigenvalue weighted by atomic mass is 10.0. The van der Waals surface area contributed by atoms with Crippen molar-refractivity contribution in [3.05, 3.63) is 35.4 Å². The molecule has 0 aliphatic carbocycles. The molecular formula is C14H21N3O2. The van der Waals surface area contributed by atoms with E-state index >= 15 is 0 Å². The van der Waals surface area contributed by atoms with E-state index in [1.165, 1.54) is 5.56 Å². The van der Waals surface area contributed by atoms with Crippen molar-refractivity contribution in [2.24, 2.45) is 5.73 Å². The minimum Gasteiger partial charge on any atom is -0.351 e. The summed E-state index contributed by atoms with van der Waals surface area (Å²) in [4.78, 5) is 22.1. The summed E-state index contributed by atoms with van der Waals surface area (Å²) >= 11 is 0. The average molecular weight is 263 g/mol. The van der Waals surface area contributed by atoms with Crippen LogP contribution in [0.2, 0.25) is 0 Å². The SMILES string of the molecule is CCc1ccc([C@H](C)N[C@@H](C)C(=O)NC(N)=O)cc1. The van der Waals surface area contributed by atoms with Gasteiger partial charge in [-0.1, -0.05) is 31.2 Å². The van der Waals surface area contributed by atoms with Crippen LogP contribution in [0.4, 0.5) is 4.79 Å². The Hall–Kier alpha value is -1.88. The van der Waals surface area contributed by atoms with Gasteiger partial charge in [-0.15, -0.1) is 0 Å². The van der Waals surface area contributed by atoms with E-state index in [1.54, 1.807) is 6.92 Å². The zero-order valence-electron chi connectivity index (χ0n) is 11.6. The zero-order valence-corrected chi connectivity index (χ0v) is 11.6. The fourth-order valence-electron chi connectivity index (χ4n) is 1.82. The molecule has 104 valence electrons. The molecule has 0 radical (unpaired) electrons. The lowest BCUT2D eigenvalue weighted by Crippen LogP contribution is -2.47. The summed E-state index contributed by atoms with van der Waals surface area (Å²) < 4.78 is 0. The van der Waals surface area contributed by atoms with Gasteiger partial charge in [0.1, 0.15) is 0 Å². The van der Waals surface area contributed by atoms with Crippen molar-refractivity contribution in [1.82, 2.24) is 10.6 Å². The first-order valence-electron chi connectivity index (χ1n) is 6.39. The summed E-state index contributed by atoms with van der Waals surface area (Å²) in [6.07, 6.45) is 1.000. The standard InChI is InChI=1S/C14H21N3O2/c1-4-11-5-7-12(8-6-11)9(2)16-10(3)13(18)17-14(15)19/h5-10,16H,4H2,1-3H3,(H3,15,17,18,19)/t9-,10-/m0/s1. The maximum Gasteiger partial charge on any atom is 0.318 e. The van der Waals surface area contributed by atoms with Crippen molar-refractivity contribution in [3.8, 4) is 0 Å². The highest BCUT2D eigenvalue weighted by molar-refractivity contribution is 5.96. The molecule has 5 heteroatoms. The van der Waals surface area contributed by atoms with Crippen molar-refractivity contribution in [1.29, 1.82) is 0 Å². The van der Waals surface area contributed by atoms with Crippen LogP contribution in [-0.2, 0) is 11.2 Å². The quantitative estimate of drug-likeness (QED) is 0.752. The molecule has 1 rings (SSSR count). The largest absolute Gasteiger partial charge is 0.351 e. The molecule has 0 unspecified atom stereocenters. The number of primary amides is 1. The Labute approximate surface area is 113 Å². The van der Waals surface area contributed by atoms with E-state index < -0.39 is 18.0 Å². The highest BCUT2D eigenvalue weighted by atomic mass is 16.2. The van der Waals surface area contributed by atoms with Crippen molar-refractivity contribution in [2.45, 2.75) is 39.3 Å². The van der Waals surface area contributed by atoms with Crippen molar-refractivity contribution in [2.75, 3.05) is 0 Å². The lowest BCUT2D eigenvalue weighted by Gasteiger charge is -2.19. The average Bonchev–Trinajstić information content (AvgIpc) is 2.37. The molecule has 0 heterocycles. The summed E-state index contributed by atoms with van der Waals surface area (Å²) in [6, 6.07) is 6.90. The van der Waals surface area contributed by atoms with Crippen LogP contribution in [0.1, 0.15) is 37.9 Å².